The minimum atomic E-state index is 0.531. The number of aryl methyl sites for hydroxylation is 1. The predicted octanol–water partition coefficient (Wildman–Crippen LogP) is 3.65. The number of ether oxygens (including phenoxy) is 1. The van der Waals surface area contributed by atoms with E-state index < -0.39 is 0 Å². The Morgan fingerprint density at radius 3 is 2.39 bits per heavy atom. The van der Waals surface area contributed by atoms with Gasteiger partial charge >= 0.3 is 0 Å². The van der Waals surface area contributed by atoms with Crippen molar-refractivity contribution in [3.63, 3.8) is 0 Å². The summed E-state index contributed by atoms with van der Waals surface area (Å²) in [5.41, 5.74) is 1.13. The lowest BCUT2D eigenvalue weighted by molar-refractivity contribution is 0.140. The number of rotatable bonds is 6. The molecule has 0 aliphatic carbocycles. The van der Waals surface area contributed by atoms with Gasteiger partial charge in [-0.05, 0) is 62.2 Å². The van der Waals surface area contributed by atoms with Crippen LogP contribution in [0.25, 0.3) is 0 Å². The molecule has 0 spiro atoms. The first-order chi connectivity index (χ1) is 8.41. The highest BCUT2D eigenvalue weighted by atomic mass is 79.9. The molecule has 0 amide bonds. The summed E-state index contributed by atoms with van der Waals surface area (Å²) < 4.78 is 6.64. The average Bonchev–Trinajstić information content (AvgIpc) is 2.25. The molecule has 0 unspecified atom stereocenters. The van der Waals surface area contributed by atoms with E-state index in [0.29, 0.717) is 24.6 Å². The van der Waals surface area contributed by atoms with Crippen LogP contribution in [-0.4, -0.2) is 35.1 Å². The molecule has 1 rings (SSSR count). The van der Waals surface area contributed by atoms with Gasteiger partial charge in [0.2, 0.25) is 5.88 Å². The van der Waals surface area contributed by atoms with Crippen molar-refractivity contribution < 1.29 is 4.74 Å². The zero-order valence-corrected chi connectivity index (χ0v) is 13.5. The van der Waals surface area contributed by atoms with Crippen LogP contribution in [0.3, 0.4) is 0 Å². The van der Waals surface area contributed by atoms with E-state index in [1.807, 2.05) is 19.2 Å². The molecule has 1 aromatic heterocycles. The van der Waals surface area contributed by atoms with E-state index in [1.54, 1.807) is 0 Å². The van der Waals surface area contributed by atoms with Gasteiger partial charge in [-0.2, -0.15) is 0 Å². The van der Waals surface area contributed by atoms with E-state index in [0.717, 1.165) is 16.6 Å². The Balaban J connectivity index is 2.50. The lowest BCUT2D eigenvalue weighted by Crippen LogP contribution is -2.39. The molecule has 0 fully saturated rings. The minimum absolute atomic E-state index is 0.531. The van der Waals surface area contributed by atoms with Crippen LogP contribution in [0.1, 0.15) is 33.3 Å². The highest BCUT2D eigenvalue weighted by Crippen LogP contribution is 2.22. The standard InChI is InChI=1S/C14H23BrN2O/c1-10(2)17(11(3)4)6-7-18-14-13(15)8-12(5)9-16-14/h8-11H,6-7H2,1-5H3. The molecule has 0 saturated carbocycles. The van der Waals surface area contributed by atoms with Crippen LogP contribution in [0.15, 0.2) is 16.7 Å². The van der Waals surface area contributed by atoms with E-state index in [2.05, 4.69) is 53.5 Å². The van der Waals surface area contributed by atoms with E-state index in [4.69, 9.17) is 4.74 Å². The molecule has 0 atom stereocenters. The topological polar surface area (TPSA) is 25.4 Å². The molecular formula is C14H23BrN2O. The molecule has 0 saturated heterocycles. The van der Waals surface area contributed by atoms with Gasteiger partial charge in [-0.25, -0.2) is 4.98 Å². The normalized spacial score (nSPS) is 11.6. The number of aromatic nitrogens is 1. The van der Waals surface area contributed by atoms with Crippen molar-refractivity contribution in [2.45, 2.75) is 46.7 Å². The first-order valence-corrected chi connectivity index (χ1v) is 7.21. The van der Waals surface area contributed by atoms with Crippen molar-refractivity contribution in [3.05, 3.63) is 22.3 Å². The number of pyridine rings is 1. The molecule has 4 heteroatoms. The zero-order valence-electron chi connectivity index (χ0n) is 11.9. The fraction of sp³-hybridized carbons (Fsp3) is 0.643. The largest absolute Gasteiger partial charge is 0.476 e. The quantitative estimate of drug-likeness (QED) is 0.801. The molecule has 18 heavy (non-hydrogen) atoms. The smallest absolute Gasteiger partial charge is 0.227 e. The predicted molar refractivity (Wildman–Crippen MR) is 79.1 cm³/mol. The fourth-order valence-electron chi connectivity index (χ4n) is 1.99. The first kappa shape index (κ1) is 15.4. The molecule has 1 aromatic rings. The van der Waals surface area contributed by atoms with Crippen LogP contribution in [0.5, 0.6) is 5.88 Å². The minimum Gasteiger partial charge on any atom is -0.476 e. The average molecular weight is 315 g/mol. The summed E-state index contributed by atoms with van der Waals surface area (Å²) in [6, 6.07) is 3.08. The number of halogens is 1. The van der Waals surface area contributed by atoms with Crippen LogP contribution < -0.4 is 4.74 Å². The molecule has 102 valence electrons. The van der Waals surface area contributed by atoms with E-state index in [-0.39, 0.29) is 0 Å². The Bertz CT molecular complexity index is 372. The van der Waals surface area contributed by atoms with Gasteiger partial charge in [0.25, 0.3) is 0 Å². The van der Waals surface area contributed by atoms with Crippen molar-refractivity contribution in [2.24, 2.45) is 0 Å². The Hall–Kier alpha value is -0.610. The summed E-state index contributed by atoms with van der Waals surface area (Å²) in [6.07, 6.45) is 1.82. The van der Waals surface area contributed by atoms with Crippen LogP contribution in [0.2, 0.25) is 0 Å². The summed E-state index contributed by atoms with van der Waals surface area (Å²) in [4.78, 5) is 6.68. The lowest BCUT2D eigenvalue weighted by atomic mass is 10.2. The zero-order chi connectivity index (χ0) is 13.7. The second-order valence-corrected chi connectivity index (χ2v) is 5.93. The molecule has 0 N–H and O–H groups in total. The van der Waals surface area contributed by atoms with Crippen LogP contribution >= 0.6 is 15.9 Å². The van der Waals surface area contributed by atoms with Crippen LogP contribution in [0.4, 0.5) is 0 Å². The molecule has 0 aliphatic heterocycles. The Kier molecular flexibility index (Phi) is 6.09. The summed E-state index contributed by atoms with van der Waals surface area (Å²) >= 11 is 3.47. The Labute approximate surface area is 119 Å². The first-order valence-electron chi connectivity index (χ1n) is 6.42. The highest BCUT2D eigenvalue weighted by molar-refractivity contribution is 9.10. The fourth-order valence-corrected chi connectivity index (χ4v) is 2.57. The second-order valence-electron chi connectivity index (χ2n) is 5.07. The second kappa shape index (κ2) is 7.10. The van der Waals surface area contributed by atoms with Crippen molar-refractivity contribution >= 4 is 15.9 Å². The van der Waals surface area contributed by atoms with Crippen LogP contribution in [-0.2, 0) is 0 Å². The van der Waals surface area contributed by atoms with Crippen molar-refractivity contribution in [1.82, 2.24) is 9.88 Å². The lowest BCUT2D eigenvalue weighted by Gasteiger charge is -2.30. The van der Waals surface area contributed by atoms with Gasteiger partial charge in [-0.15, -0.1) is 0 Å². The number of hydrogen-bond acceptors (Lipinski definition) is 3. The molecule has 0 aliphatic rings. The summed E-state index contributed by atoms with van der Waals surface area (Å²) in [6.45, 7) is 12.4. The van der Waals surface area contributed by atoms with Gasteiger partial charge in [0.15, 0.2) is 0 Å². The molecule has 1 heterocycles. The van der Waals surface area contributed by atoms with E-state index in [9.17, 15) is 0 Å². The summed E-state index contributed by atoms with van der Waals surface area (Å²) in [5, 5.41) is 0. The summed E-state index contributed by atoms with van der Waals surface area (Å²) in [5.74, 6) is 0.674. The van der Waals surface area contributed by atoms with E-state index >= 15 is 0 Å². The van der Waals surface area contributed by atoms with E-state index in [1.165, 1.54) is 0 Å². The van der Waals surface area contributed by atoms with Gasteiger partial charge in [0, 0.05) is 24.8 Å². The van der Waals surface area contributed by atoms with Gasteiger partial charge < -0.3 is 4.74 Å². The Morgan fingerprint density at radius 2 is 1.89 bits per heavy atom. The summed E-state index contributed by atoms with van der Waals surface area (Å²) in [7, 11) is 0. The third-order valence-electron chi connectivity index (χ3n) is 2.86. The Morgan fingerprint density at radius 1 is 1.28 bits per heavy atom. The van der Waals surface area contributed by atoms with Gasteiger partial charge in [-0.3, -0.25) is 4.90 Å². The maximum Gasteiger partial charge on any atom is 0.227 e. The monoisotopic (exact) mass is 314 g/mol. The SMILES string of the molecule is Cc1cnc(OCCN(C(C)C)C(C)C)c(Br)c1. The number of hydrogen-bond donors (Lipinski definition) is 0. The third kappa shape index (κ3) is 4.58. The van der Waals surface area contributed by atoms with Crippen molar-refractivity contribution in [1.29, 1.82) is 0 Å². The maximum atomic E-state index is 5.72. The van der Waals surface area contributed by atoms with Gasteiger partial charge in [-0.1, -0.05) is 0 Å². The highest BCUT2D eigenvalue weighted by Gasteiger charge is 2.13. The molecular weight excluding hydrogens is 292 g/mol. The van der Waals surface area contributed by atoms with Crippen LogP contribution in [0, 0.1) is 6.92 Å². The third-order valence-corrected chi connectivity index (χ3v) is 3.43. The maximum absolute atomic E-state index is 5.72. The van der Waals surface area contributed by atoms with Gasteiger partial charge in [0.1, 0.15) is 6.61 Å². The molecule has 0 bridgehead atoms. The molecule has 0 radical (unpaired) electrons. The molecule has 3 nitrogen and oxygen atoms in total. The molecule has 0 aromatic carbocycles. The van der Waals surface area contributed by atoms with Crippen molar-refractivity contribution in [2.75, 3.05) is 13.2 Å². The van der Waals surface area contributed by atoms with Gasteiger partial charge in [0.05, 0.1) is 4.47 Å². The number of nitrogens with zero attached hydrogens (tertiary/aromatic N) is 2. The van der Waals surface area contributed by atoms with Crippen molar-refractivity contribution in [3.8, 4) is 5.88 Å².